The molecule has 0 N–H and O–H groups in total. The van der Waals surface area contributed by atoms with Crippen molar-refractivity contribution in [2.75, 3.05) is 19.0 Å². The summed E-state index contributed by atoms with van der Waals surface area (Å²) >= 11 is 0. The van der Waals surface area contributed by atoms with Crippen LogP contribution in [-0.2, 0) is 0 Å². The van der Waals surface area contributed by atoms with Crippen LogP contribution in [0.15, 0.2) is 12.3 Å². The first-order valence-electron chi connectivity index (χ1n) is 5.92. The molecule has 0 unspecified atom stereocenters. The molecule has 0 spiro atoms. The molecule has 2 rings (SSSR count). The fraction of sp³-hybridized carbons (Fsp3) is 0.615. The molecule has 0 amide bonds. The molecule has 1 saturated carbocycles. The van der Waals surface area contributed by atoms with Crippen LogP contribution in [0.4, 0.5) is 5.69 Å². The van der Waals surface area contributed by atoms with Crippen LogP contribution in [0.1, 0.15) is 38.3 Å². The number of ether oxygens (including phenoxy) is 1. The maximum absolute atomic E-state index is 5.85. The quantitative estimate of drug-likeness (QED) is 0.780. The third-order valence-electron chi connectivity index (χ3n) is 2.76. The average Bonchev–Trinajstić information content (AvgIpc) is 3.01. The van der Waals surface area contributed by atoms with Crippen LogP contribution in [0.5, 0.6) is 5.75 Å². The second kappa shape index (κ2) is 4.32. The van der Waals surface area contributed by atoms with Crippen molar-refractivity contribution >= 4 is 5.69 Å². The second-order valence-corrected chi connectivity index (χ2v) is 4.94. The molecule has 3 heteroatoms. The molecule has 3 nitrogen and oxygen atoms in total. The molecule has 1 aliphatic rings. The second-order valence-electron chi connectivity index (χ2n) is 4.94. The van der Waals surface area contributed by atoms with Gasteiger partial charge in [-0.05, 0) is 24.8 Å². The van der Waals surface area contributed by atoms with E-state index < -0.39 is 0 Å². The molecule has 1 aromatic rings. The van der Waals surface area contributed by atoms with E-state index in [2.05, 4.69) is 29.8 Å². The Bertz CT molecular complexity index is 370. The molecule has 0 bridgehead atoms. The van der Waals surface area contributed by atoms with Gasteiger partial charge in [0, 0.05) is 19.8 Å². The van der Waals surface area contributed by atoms with Crippen molar-refractivity contribution in [3.8, 4) is 5.75 Å². The summed E-state index contributed by atoms with van der Waals surface area (Å²) in [4.78, 5) is 6.54. The van der Waals surface area contributed by atoms with Gasteiger partial charge in [0.2, 0.25) is 0 Å². The zero-order valence-corrected chi connectivity index (χ0v) is 10.5. The maximum atomic E-state index is 5.85. The number of hydrogen-bond donors (Lipinski definition) is 0. The number of pyridine rings is 1. The van der Waals surface area contributed by atoms with E-state index in [0.29, 0.717) is 12.0 Å². The normalized spacial score (nSPS) is 15.3. The number of hydrogen-bond acceptors (Lipinski definition) is 3. The molecule has 1 aliphatic carbocycles. The van der Waals surface area contributed by atoms with Crippen LogP contribution in [-0.4, -0.2) is 25.2 Å². The van der Waals surface area contributed by atoms with E-state index in [1.807, 2.05) is 20.3 Å². The maximum Gasteiger partial charge on any atom is 0.161 e. The zero-order valence-electron chi connectivity index (χ0n) is 10.5. The summed E-state index contributed by atoms with van der Waals surface area (Å²) in [6.07, 6.45) is 4.64. The Morgan fingerprint density at radius 2 is 2.06 bits per heavy atom. The molecule has 0 aliphatic heterocycles. The third-order valence-corrected chi connectivity index (χ3v) is 2.76. The summed E-state index contributed by atoms with van der Waals surface area (Å²) < 4.78 is 5.85. The van der Waals surface area contributed by atoms with Gasteiger partial charge in [0.05, 0.1) is 18.0 Å². The highest BCUT2D eigenvalue weighted by Gasteiger charge is 2.25. The lowest BCUT2D eigenvalue weighted by molar-refractivity contribution is 0.302. The van der Waals surface area contributed by atoms with Crippen LogP contribution in [0.3, 0.4) is 0 Å². The highest BCUT2D eigenvalue weighted by Crippen LogP contribution is 2.34. The monoisotopic (exact) mass is 220 g/mol. The third kappa shape index (κ3) is 2.46. The summed E-state index contributed by atoms with van der Waals surface area (Å²) in [5.74, 6) is 1.37. The van der Waals surface area contributed by atoms with Crippen LogP contribution < -0.4 is 9.64 Å². The Hall–Kier alpha value is -1.25. The first-order valence-corrected chi connectivity index (χ1v) is 5.92. The van der Waals surface area contributed by atoms with Gasteiger partial charge in [-0.1, -0.05) is 13.8 Å². The number of nitrogens with zero attached hydrogens (tertiary/aromatic N) is 2. The largest absolute Gasteiger partial charge is 0.487 e. The Balaban J connectivity index is 2.28. The van der Waals surface area contributed by atoms with Gasteiger partial charge in [0.1, 0.15) is 0 Å². The number of anilines is 1. The number of rotatable bonds is 4. The zero-order chi connectivity index (χ0) is 11.7. The lowest BCUT2D eigenvalue weighted by atomic mass is 10.1. The lowest BCUT2D eigenvalue weighted by Gasteiger charge is -2.19. The summed E-state index contributed by atoms with van der Waals surface area (Å²) in [5, 5.41) is 0. The molecule has 0 atom stereocenters. The molecular formula is C13H20N2O. The summed E-state index contributed by atoms with van der Waals surface area (Å²) in [7, 11) is 4.08. The highest BCUT2D eigenvalue weighted by molar-refractivity contribution is 5.57. The van der Waals surface area contributed by atoms with Crippen molar-refractivity contribution in [3.05, 3.63) is 18.0 Å². The fourth-order valence-electron chi connectivity index (χ4n) is 1.57. The fourth-order valence-corrected chi connectivity index (χ4v) is 1.57. The Morgan fingerprint density at radius 1 is 1.38 bits per heavy atom. The summed E-state index contributed by atoms with van der Waals surface area (Å²) in [5.41, 5.74) is 2.25. The van der Waals surface area contributed by atoms with Gasteiger partial charge in [-0.2, -0.15) is 0 Å². The van der Waals surface area contributed by atoms with Crippen molar-refractivity contribution in [2.24, 2.45) is 0 Å². The molecule has 1 aromatic heterocycles. The standard InChI is InChI=1S/C13H20N2O/c1-9(2)11-7-12(15(3)4)13(8-14-11)16-10-5-6-10/h7-10H,5-6H2,1-4H3. The molecular weight excluding hydrogens is 200 g/mol. The van der Waals surface area contributed by atoms with Gasteiger partial charge < -0.3 is 9.64 Å². The van der Waals surface area contributed by atoms with E-state index in [-0.39, 0.29) is 0 Å². The van der Waals surface area contributed by atoms with Crippen molar-refractivity contribution in [2.45, 2.75) is 38.7 Å². The Morgan fingerprint density at radius 3 is 2.56 bits per heavy atom. The van der Waals surface area contributed by atoms with E-state index in [0.717, 1.165) is 17.1 Å². The van der Waals surface area contributed by atoms with Crippen molar-refractivity contribution < 1.29 is 4.74 Å². The molecule has 0 aromatic carbocycles. The van der Waals surface area contributed by atoms with Crippen molar-refractivity contribution in [1.29, 1.82) is 0 Å². The van der Waals surface area contributed by atoms with E-state index in [4.69, 9.17) is 4.74 Å². The van der Waals surface area contributed by atoms with E-state index >= 15 is 0 Å². The average molecular weight is 220 g/mol. The first kappa shape index (κ1) is 11.2. The molecule has 88 valence electrons. The van der Waals surface area contributed by atoms with Crippen LogP contribution in [0.2, 0.25) is 0 Å². The minimum Gasteiger partial charge on any atom is -0.487 e. The topological polar surface area (TPSA) is 25.4 Å². The Labute approximate surface area is 97.4 Å². The molecule has 1 fully saturated rings. The SMILES string of the molecule is CC(C)c1cc(N(C)C)c(OC2CC2)cn1. The minimum absolute atomic E-state index is 0.422. The van der Waals surface area contributed by atoms with Crippen LogP contribution in [0, 0.1) is 0 Å². The van der Waals surface area contributed by atoms with Crippen molar-refractivity contribution in [1.82, 2.24) is 4.98 Å². The molecule has 16 heavy (non-hydrogen) atoms. The van der Waals surface area contributed by atoms with Gasteiger partial charge in [-0.3, -0.25) is 4.98 Å². The summed E-state index contributed by atoms with van der Waals surface area (Å²) in [6.45, 7) is 4.31. The van der Waals surface area contributed by atoms with Crippen molar-refractivity contribution in [3.63, 3.8) is 0 Å². The summed E-state index contributed by atoms with van der Waals surface area (Å²) in [6, 6.07) is 2.13. The van der Waals surface area contributed by atoms with E-state index in [9.17, 15) is 0 Å². The lowest BCUT2D eigenvalue weighted by Crippen LogP contribution is -2.12. The predicted molar refractivity (Wildman–Crippen MR) is 66.3 cm³/mol. The van der Waals surface area contributed by atoms with Crippen LogP contribution >= 0.6 is 0 Å². The van der Waals surface area contributed by atoms with Gasteiger partial charge in [-0.15, -0.1) is 0 Å². The first-order chi connectivity index (χ1) is 7.58. The Kier molecular flexibility index (Phi) is 3.03. The predicted octanol–water partition coefficient (Wildman–Crippen LogP) is 2.81. The van der Waals surface area contributed by atoms with Gasteiger partial charge >= 0.3 is 0 Å². The van der Waals surface area contributed by atoms with E-state index in [1.165, 1.54) is 12.8 Å². The van der Waals surface area contributed by atoms with Gasteiger partial charge in [0.25, 0.3) is 0 Å². The molecule has 0 radical (unpaired) electrons. The molecule has 1 heterocycles. The van der Waals surface area contributed by atoms with Gasteiger partial charge in [0.15, 0.2) is 5.75 Å². The van der Waals surface area contributed by atoms with Gasteiger partial charge in [-0.25, -0.2) is 0 Å². The highest BCUT2D eigenvalue weighted by atomic mass is 16.5. The number of aromatic nitrogens is 1. The smallest absolute Gasteiger partial charge is 0.161 e. The minimum atomic E-state index is 0.422. The van der Waals surface area contributed by atoms with E-state index in [1.54, 1.807) is 0 Å². The van der Waals surface area contributed by atoms with Crippen LogP contribution in [0.25, 0.3) is 0 Å². The molecule has 0 saturated heterocycles.